The largest absolute Gasteiger partial charge is 0.394 e. The second kappa shape index (κ2) is 6.86. The molecule has 0 aromatic heterocycles. The highest BCUT2D eigenvalue weighted by atomic mass is 16.3. The van der Waals surface area contributed by atoms with Gasteiger partial charge in [-0.1, -0.05) is 20.3 Å². The Morgan fingerprint density at radius 1 is 1.50 bits per heavy atom. The van der Waals surface area contributed by atoms with Gasteiger partial charge in [-0.05, 0) is 31.7 Å². The molecule has 1 unspecified atom stereocenters. The summed E-state index contributed by atoms with van der Waals surface area (Å²) < 4.78 is 0. The Morgan fingerprint density at radius 3 is 2.75 bits per heavy atom. The van der Waals surface area contributed by atoms with Gasteiger partial charge in [0.2, 0.25) is 5.91 Å². The molecule has 2 atom stereocenters. The molecular formula is C12H24N2O2. The molecule has 1 fully saturated rings. The molecule has 1 aliphatic rings. The minimum absolute atomic E-state index is 0.0244. The van der Waals surface area contributed by atoms with Crippen LogP contribution in [0.3, 0.4) is 0 Å². The number of piperidine rings is 1. The summed E-state index contributed by atoms with van der Waals surface area (Å²) in [5, 5.41) is 15.3. The molecule has 0 bridgehead atoms. The number of hydrogen-bond acceptors (Lipinski definition) is 3. The maximum absolute atomic E-state index is 11.9. The number of aliphatic hydroxyl groups is 1. The summed E-state index contributed by atoms with van der Waals surface area (Å²) in [7, 11) is 0. The zero-order valence-corrected chi connectivity index (χ0v) is 10.3. The Morgan fingerprint density at radius 2 is 2.25 bits per heavy atom. The molecule has 0 aliphatic carbocycles. The molecule has 1 amide bonds. The van der Waals surface area contributed by atoms with Gasteiger partial charge in [0.05, 0.1) is 18.7 Å². The highest BCUT2D eigenvalue weighted by Crippen LogP contribution is 2.09. The van der Waals surface area contributed by atoms with Crippen molar-refractivity contribution in [2.45, 2.75) is 51.6 Å². The summed E-state index contributed by atoms with van der Waals surface area (Å²) in [6.07, 6.45) is 4.00. The molecule has 3 N–H and O–H groups in total. The van der Waals surface area contributed by atoms with Crippen molar-refractivity contribution in [3.8, 4) is 0 Å². The average Bonchev–Trinajstić information content (AvgIpc) is 2.28. The molecule has 1 saturated heterocycles. The number of hydrogen-bond donors (Lipinski definition) is 3. The predicted octanol–water partition coefficient (Wildman–Crippen LogP) is 0.652. The minimum Gasteiger partial charge on any atom is -0.394 e. The minimum atomic E-state index is -0.101. The molecule has 94 valence electrons. The Bertz CT molecular complexity index is 213. The van der Waals surface area contributed by atoms with Gasteiger partial charge in [-0.3, -0.25) is 4.79 Å². The summed E-state index contributed by atoms with van der Waals surface area (Å²) in [6.45, 7) is 5.13. The van der Waals surface area contributed by atoms with Gasteiger partial charge >= 0.3 is 0 Å². The summed E-state index contributed by atoms with van der Waals surface area (Å²) in [5.74, 6) is 0.524. The molecule has 0 aromatic rings. The van der Waals surface area contributed by atoms with E-state index < -0.39 is 0 Å². The number of nitrogens with one attached hydrogen (secondary N) is 2. The van der Waals surface area contributed by atoms with Crippen LogP contribution < -0.4 is 10.6 Å². The first-order valence-electron chi connectivity index (χ1n) is 6.28. The Labute approximate surface area is 97.8 Å². The molecule has 1 heterocycles. The van der Waals surface area contributed by atoms with Crippen LogP contribution in [0.15, 0.2) is 0 Å². The Kier molecular flexibility index (Phi) is 5.77. The first kappa shape index (κ1) is 13.5. The van der Waals surface area contributed by atoms with E-state index >= 15 is 0 Å². The van der Waals surface area contributed by atoms with E-state index in [4.69, 9.17) is 0 Å². The van der Waals surface area contributed by atoms with Gasteiger partial charge in [0.15, 0.2) is 0 Å². The summed E-state index contributed by atoms with van der Waals surface area (Å²) >= 11 is 0. The van der Waals surface area contributed by atoms with Gasteiger partial charge in [-0.15, -0.1) is 0 Å². The van der Waals surface area contributed by atoms with E-state index in [2.05, 4.69) is 24.5 Å². The quantitative estimate of drug-likeness (QED) is 0.647. The third-order valence-corrected chi connectivity index (χ3v) is 2.95. The lowest BCUT2D eigenvalue weighted by Gasteiger charge is -2.25. The topological polar surface area (TPSA) is 61.4 Å². The van der Waals surface area contributed by atoms with Crippen molar-refractivity contribution < 1.29 is 9.90 Å². The molecule has 4 nitrogen and oxygen atoms in total. The van der Waals surface area contributed by atoms with E-state index in [9.17, 15) is 9.90 Å². The second-order valence-electron chi connectivity index (χ2n) is 5.02. The van der Waals surface area contributed by atoms with Gasteiger partial charge in [-0.25, -0.2) is 0 Å². The van der Waals surface area contributed by atoms with Gasteiger partial charge in [0.1, 0.15) is 0 Å². The molecular weight excluding hydrogens is 204 g/mol. The molecule has 1 rings (SSSR count). The molecule has 1 aliphatic heterocycles. The Hall–Kier alpha value is -0.610. The van der Waals surface area contributed by atoms with Crippen LogP contribution in [-0.2, 0) is 4.79 Å². The first-order valence-corrected chi connectivity index (χ1v) is 6.28. The standard InChI is InChI=1S/C12H24N2O2/c1-9(2)7-10(8-15)14-12(16)11-5-3-4-6-13-11/h9-11,13,15H,3-8H2,1-2H3,(H,14,16)/t10?,11-/m0/s1. The lowest BCUT2D eigenvalue weighted by molar-refractivity contribution is -0.124. The zero-order valence-electron chi connectivity index (χ0n) is 10.3. The zero-order chi connectivity index (χ0) is 12.0. The first-order chi connectivity index (χ1) is 7.63. The third-order valence-electron chi connectivity index (χ3n) is 2.95. The van der Waals surface area contributed by atoms with Crippen molar-refractivity contribution in [3.63, 3.8) is 0 Å². The fraction of sp³-hybridized carbons (Fsp3) is 0.917. The molecule has 0 spiro atoms. The van der Waals surface area contributed by atoms with Crippen molar-refractivity contribution in [1.29, 1.82) is 0 Å². The normalized spacial score (nSPS) is 23.1. The number of amides is 1. The van der Waals surface area contributed by atoms with E-state index in [1.165, 1.54) is 0 Å². The average molecular weight is 228 g/mol. The van der Waals surface area contributed by atoms with Crippen LogP contribution in [0.5, 0.6) is 0 Å². The van der Waals surface area contributed by atoms with Crippen LogP contribution in [0.25, 0.3) is 0 Å². The van der Waals surface area contributed by atoms with Crippen molar-refractivity contribution in [2.24, 2.45) is 5.92 Å². The van der Waals surface area contributed by atoms with Crippen molar-refractivity contribution >= 4 is 5.91 Å². The van der Waals surface area contributed by atoms with Crippen molar-refractivity contribution in [1.82, 2.24) is 10.6 Å². The lowest BCUT2D eigenvalue weighted by Crippen LogP contribution is -2.50. The lowest BCUT2D eigenvalue weighted by atomic mass is 10.0. The number of rotatable bonds is 5. The summed E-state index contributed by atoms with van der Waals surface area (Å²) in [5.41, 5.74) is 0. The fourth-order valence-electron chi connectivity index (χ4n) is 2.13. The van der Waals surface area contributed by atoms with Gasteiger partial charge in [0.25, 0.3) is 0 Å². The van der Waals surface area contributed by atoms with E-state index in [1.54, 1.807) is 0 Å². The SMILES string of the molecule is CC(C)CC(CO)NC(=O)[C@@H]1CCCCN1. The van der Waals surface area contributed by atoms with Crippen molar-refractivity contribution in [2.75, 3.05) is 13.2 Å². The van der Waals surface area contributed by atoms with Gasteiger partial charge < -0.3 is 15.7 Å². The van der Waals surface area contributed by atoms with Crippen LogP contribution >= 0.6 is 0 Å². The predicted molar refractivity (Wildman–Crippen MR) is 64.1 cm³/mol. The van der Waals surface area contributed by atoms with Gasteiger partial charge in [-0.2, -0.15) is 0 Å². The second-order valence-corrected chi connectivity index (χ2v) is 5.02. The molecule has 16 heavy (non-hydrogen) atoms. The van der Waals surface area contributed by atoms with Crippen LogP contribution in [0, 0.1) is 5.92 Å². The van der Waals surface area contributed by atoms with E-state index in [1.807, 2.05) is 0 Å². The smallest absolute Gasteiger partial charge is 0.237 e. The van der Waals surface area contributed by atoms with Crippen LogP contribution in [0.4, 0.5) is 0 Å². The monoisotopic (exact) mass is 228 g/mol. The highest BCUT2D eigenvalue weighted by Gasteiger charge is 2.22. The molecule has 0 aromatic carbocycles. The summed E-state index contributed by atoms with van der Waals surface area (Å²) in [4.78, 5) is 11.9. The van der Waals surface area contributed by atoms with Crippen molar-refractivity contribution in [3.05, 3.63) is 0 Å². The van der Waals surface area contributed by atoms with Crippen LogP contribution in [-0.4, -0.2) is 36.2 Å². The fourth-order valence-corrected chi connectivity index (χ4v) is 2.13. The number of carbonyl (C=O) groups is 1. The van der Waals surface area contributed by atoms with Crippen LogP contribution in [0.1, 0.15) is 39.5 Å². The van der Waals surface area contributed by atoms with Gasteiger partial charge in [0, 0.05) is 0 Å². The maximum atomic E-state index is 11.9. The van der Waals surface area contributed by atoms with E-state index in [0.717, 1.165) is 32.2 Å². The molecule has 4 heteroatoms. The highest BCUT2D eigenvalue weighted by molar-refractivity contribution is 5.82. The summed E-state index contributed by atoms with van der Waals surface area (Å²) in [6, 6.07) is -0.161. The molecule has 0 radical (unpaired) electrons. The number of carbonyl (C=O) groups excluding carboxylic acids is 1. The Balaban J connectivity index is 2.35. The molecule has 0 saturated carbocycles. The third kappa shape index (κ3) is 4.49. The van der Waals surface area contributed by atoms with E-state index in [0.29, 0.717) is 5.92 Å². The maximum Gasteiger partial charge on any atom is 0.237 e. The number of aliphatic hydroxyl groups excluding tert-OH is 1. The van der Waals surface area contributed by atoms with Crippen LogP contribution in [0.2, 0.25) is 0 Å². The van der Waals surface area contributed by atoms with E-state index in [-0.39, 0.29) is 24.6 Å².